The van der Waals surface area contributed by atoms with Crippen molar-refractivity contribution in [3.8, 4) is 34.4 Å². The third kappa shape index (κ3) is 10.7. The number of hydrogen-bond donors (Lipinski definition) is 3. The van der Waals surface area contributed by atoms with Crippen LogP contribution in [0.25, 0.3) is 11.1 Å². The molecule has 3 unspecified atom stereocenters. The third-order valence-corrected chi connectivity index (χ3v) is 15.0. The number of methoxy groups -OCH3 is 1. The maximum absolute atomic E-state index is 14.8. The van der Waals surface area contributed by atoms with Crippen molar-refractivity contribution < 1.29 is 41.7 Å². The predicted octanol–water partition coefficient (Wildman–Crippen LogP) is 8.55. The van der Waals surface area contributed by atoms with Crippen LogP contribution in [0.15, 0.2) is 108 Å². The fourth-order valence-electron chi connectivity index (χ4n) is 7.84. The highest BCUT2D eigenvalue weighted by atomic mass is 35.5. The Labute approximate surface area is 407 Å². The van der Waals surface area contributed by atoms with Crippen LogP contribution in [0.2, 0.25) is 10.0 Å². The normalized spacial score (nSPS) is 15.8. The number of rotatable bonds is 14. The number of sulfonamides is 1. The minimum atomic E-state index is -4.55. The number of urea groups is 1. The number of fused-ring (bicyclic) bond motifs is 2. The van der Waals surface area contributed by atoms with Gasteiger partial charge in [0.2, 0.25) is 5.91 Å². The van der Waals surface area contributed by atoms with E-state index in [0.717, 1.165) is 37.9 Å². The van der Waals surface area contributed by atoms with E-state index in [1.54, 1.807) is 50.2 Å². The van der Waals surface area contributed by atoms with Gasteiger partial charge in [0.05, 0.1) is 28.8 Å². The van der Waals surface area contributed by atoms with Gasteiger partial charge in [-0.2, -0.15) is 9.57 Å². The molecular formula is C49H44Cl2N6O9S2. The molecule has 3 N–H and O–H groups in total. The molecule has 0 saturated heterocycles. The Hall–Kier alpha value is -6.68. The molecule has 1 aromatic heterocycles. The monoisotopic (exact) mass is 994 g/mol. The van der Waals surface area contributed by atoms with Gasteiger partial charge >= 0.3 is 12.0 Å². The number of ether oxygens (including phenoxy) is 4. The molecule has 2 aliphatic rings. The Morgan fingerprint density at radius 2 is 1.62 bits per heavy atom. The van der Waals surface area contributed by atoms with Gasteiger partial charge in [-0.25, -0.2) is 23.0 Å². The van der Waals surface area contributed by atoms with E-state index in [4.69, 9.17) is 42.1 Å². The van der Waals surface area contributed by atoms with E-state index in [2.05, 4.69) is 27.0 Å². The number of benzene rings is 5. The summed E-state index contributed by atoms with van der Waals surface area (Å²) in [6, 6.07) is 29.7. The van der Waals surface area contributed by atoms with Gasteiger partial charge in [0.25, 0.3) is 10.0 Å². The van der Waals surface area contributed by atoms with E-state index >= 15 is 0 Å². The summed E-state index contributed by atoms with van der Waals surface area (Å²) >= 11 is 13.2. The molecule has 0 saturated carbocycles. The summed E-state index contributed by atoms with van der Waals surface area (Å²) in [6.07, 6.45) is -0.566. The molecule has 0 aliphatic carbocycles. The number of aryl methyl sites for hydroxylation is 1. The van der Waals surface area contributed by atoms with Crippen LogP contribution in [0.4, 0.5) is 9.93 Å². The van der Waals surface area contributed by atoms with Gasteiger partial charge in [-0.05, 0) is 108 Å². The molecule has 68 heavy (non-hydrogen) atoms. The number of hydrogen-bond acceptors (Lipinski definition) is 12. The molecule has 15 nitrogen and oxygen atoms in total. The van der Waals surface area contributed by atoms with Crippen LogP contribution in [0.3, 0.4) is 0 Å². The van der Waals surface area contributed by atoms with Gasteiger partial charge < -0.3 is 29.6 Å². The molecule has 2 aliphatic heterocycles. The number of thiazole rings is 1. The number of nitrogens with zero attached hydrogens (tertiary/aromatic N) is 3. The summed E-state index contributed by atoms with van der Waals surface area (Å²) in [5.74, 6) is -0.0336. The summed E-state index contributed by atoms with van der Waals surface area (Å²) in [6.45, 7) is 3.83. The topological polar surface area (TPSA) is 198 Å². The zero-order valence-corrected chi connectivity index (χ0v) is 40.0. The van der Waals surface area contributed by atoms with Crippen molar-refractivity contribution in [3.05, 3.63) is 151 Å². The summed E-state index contributed by atoms with van der Waals surface area (Å²) < 4.78 is 54.4. The van der Waals surface area contributed by atoms with Crippen LogP contribution in [0.1, 0.15) is 51.3 Å². The Kier molecular flexibility index (Phi) is 14.5. The first-order valence-electron chi connectivity index (χ1n) is 21.4. The standard InChI is InChI=1S/C49H44Cl2N6O9S2/c1-4-53-48(60)56-49-55-46(28(2)67-49)68(61,62)57-25-36-23-43-42(65-27-44(66-43)34-14-16-37(17-15-34)64-26-31-9-18-38(50)39(51)19-31)22-35(36)21-41(57)45(58)54-40(47(59)63-3)20-29-5-10-32(11-6-29)33-12-7-30(24-52)8-13-33/h5-19,22-23,40-41,44H,4,20-21,25-27H2,1-3H3,(H,54,58)(H2,53,55,56,60). The highest BCUT2D eigenvalue weighted by molar-refractivity contribution is 7.89. The quantitative estimate of drug-likeness (QED) is 0.0884. The lowest BCUT2D eigenvalue weighted by molar-refractivity contribution is -0.145. The van der Waals surface area contributed by atoms with Crippen molar-refractivity contribution >= 4 is 67.6 Å². The van der Waals surface area contributed by atoms with Crippen molar-refractivity contribution in [2.75, 3.05) is 25.6 Å². The van der Waals surface area contributed by atoms with Crippen LogP contribution in [-0.2, 0) is 50.3 Å². The lowest BCUT2D eigenvalue weighted by Crippen LogP contribution is -2.56. The Balaban J connectivity index is 1.04. The minimum absolute atomic E-state index is 0.0382. The van der Waals surface area contributed by atoms with E-state index in [1.165, 1.54) is 7.11 Å². The lowest BCUT2D eigenvalue weighted by Gasteiger charge is -2.36. The number of carbonyl (C=O) groups is 3. The maximum atomic E-state index is 14.8. The number of nitriles is 1. The van der Waals surface area contributed by atoms with Crippen molar-refractivity contribution in [2.45, 2.75) is 63.1 Å². The predicted molar refractivity (Wildman–Crippen MR) is 257 cm³/mol. The van der Waals surface area contributed by atoms with Crippen molar-refractivity contribution in [3.63, 3.8) is 0 Å². The second-order valence-electron chi connectivity index (χ2n) is 15.9. The van der Waals surface area contributed by atoms with Gasteiger partial charge in [-0.1, -0.05) is 77.8 Å². The molecule has 19 heteroatoms. The summed E-state index contributed by atoms with van der Waals surface area (Å²) in [5.41, 5.74) is 5.88. The fourth-order valence-corrected chi connectivity index (χ4v) is 11.0. The number of nitrogens with one attached hydrogen (secondary N) is 3. The zero-order valence-electron chi connectivity index (χ0n) is 36.9. The van der Waals surface area contributed by atoms with Gasteiger partial charge in [0.1, 0.15) is 31.0 Å². The average Bonchev–Trinajstić information content (AvgIpc) is 3.72. The Morgan fingerprint density at radius 1 is 0.926 bits per heavy atom. The molecule has 0 bridgehead atoms. The highest BCUT2D eigenvalue weighted by Gasteiger charge is 2.43. The second kappa shape index (κ2) is 20.7. The first-order chi connectivity index (χ1) is 32.7. The lowest BCUT2D eigenvalue weighted by atomic mass is 9.93. The van der Waals surface area contributed by atoms with Crippen LogP contribution >= 0.6 is 34.5 Å². The van der Waals surface area contributed by atoms with Gasteiger partial charge in [0.15, 0.2) is 27.8 Å². The van der Waals surface area contributed by atoms with Gasteiger partial charge in [0, 0.05) is 24.4 Å². The van der Waals surface area contributed by atoms with Crippen molar-refractivity contribution in [1.82, 2.24) is 19.9 Å². The first kappa shape index (κ1) is 47.8. The fraction of sp³-hybridized carbons (Fsp3) is 0.245. The molecule has 6 aromatic rings. The van der Waals surface area contributed by atoms with Gasteiger partial charge in [-0.3, -0.25) is 10.1 Å². The van der Waals surface area contributed by atoms with E-state index in [1.807, 2.05) is 66.7 Å². The number of amides is 3. The average molecular weight is 996 g/mol. The molecule has 350 valence electrons. The SMILES string of the molecule is CCNC(=O)Nc1nc(S(=O)(=O)N2Cc3cc4c(cc3CC2C(=O)NC(Cc2ccc(-c3ccc(C#N)cc3)cc2)C(=O)OC)OCC(c2ccc(OCc3ccc(Cl)c(Cl)c3)cc2)O4)c(C)s1. The molecular weight excluding hydrogens is 952 g/mol. The number of halogens is 2. The molecule has 0 fully saturated rings. The molecule has 3 atom stereocenters. The highest BCUT2D eigenvalue weighted by Crippen LogP contribution is 2.42. The molecule has 5 aromatic carbocycles. The molecule has 8 rings (SSSR count). The van der Waals surface area contributed by atoms with E-state index < -0.39 is 46.1 Å². The summed E-state index contributed by atoms with van der Waals surface area (Å²) in [5, 5.41) is 17.8. The van der Waals surface area contributed by atoms with Crippen LogP contribution < -0.4 is 30.2 Å². The van der Waals surface area contributed by atoms with Crippen LogP contribution in [0.5, 0.6) is 17.2 Å². The number of esters is 1. The third-order valence-electron chi connectivity index (χ3n) is 11.4. The molecule has 0 radical (unpaired) electrons. The zero-order chi connectivity index (χ0) is 48.1. The van der Waals surface area contributed by atoms with Gasteiger partial charge in [-0.15, -0.1) is 11.3 Å². The van der Waals surface area contributed by atoms with E-state index in [-0.39, 0.29) is 47.6 Å². The smallest absolute Gasteiger partial charge is 0.328 e. The number of carbonyl (C=O) groups excluding carboxylic acids is 3. The second-order valence-corrected chi connectivity index (χ2v) is 19.7. The largest absolute Gasteiger partial charge is 0.489 e. The van der Waals surface area contributed by atoms with Crippen molar-refractivity contribution in [2.24, 2.45) is 0 Å². The summed E-state index contributed by atoms with van der Waals surface area (Å²) in [4.78, 5) is 44.8. The minimum Gasteiger partial charge on any atom is -0.489 e. The number of anilines is 1. The van der Waals surface area contributed by atoms with Crippen molar-refractivity contribution in [1.29, 1.82) is 5.26 Å². The van der Waals surface area contributed by atoms with E-state index in [0.29, 0.717) is 56.1 Å². The van der Waals surface area contributed by atoms with Crippen LogP contribution in [-0.4, -0.2) is 68.0 Å². The molecule has 3 heterocycles. The number of aromatic nitrogens is 1. The molecule has 0 spiro atoms. The summed E-state index contributed by atoms with van der Waals surface area (Å²) in [7, 11) is -3.34. The Bertz CT molecular complexity index is 3020. The maximum Gasteiger partial charge on any atom is 0.328 e. The van der Waals surface area contributed by atoms with Crippen LogP contribution in [0, 0.1) is 18.3 Å². The Morgan fingerprint density at radius 3 is 2.29 bits per heavy atom. The molecule has 3 amide bonds. The first-order valence-corrected chi connectivity index (χ1v) is 24.4. The van der Waals surface area contributed by atoms with E-state index in [9.17, 15) is 28.1 Å².